The Labute approximate surface area is 62.7 Å². The molecule has 2 unspecified atom stereocenters. The van der Waals surface area contributed by atoms with Crippen molar-refractivity contribution < 1.29 is 4.74 Å². The molecule has 0 aliphatic heterocycles. The molecule has 2 nitrogen and oxygen atoms in total. The van der Waals surface area contributed by atoms with Crippen LogP contribution in [0, 0.1) is 11.8 Å². The Bertz CT molecular complexity index is 103. The van der Waals surface area contributed by atoms with E-state index in [9.17, 15) is 0 Å². The first-order valence-corrected chi connectivity index (χ1v) is 4.05. The van der Waals surface area contributed by atoms with Gasteiger partial charge < -0.3 is 10.5 Å². The first-order chi connectivity index (χ1) is 4.74. The third-order valence-electron chi connectivity index (χ3n) is 2.02. The van der Waals surface area contributed by atoms with Gasteiger partial charge in [-0.15, -0.1) is 0 Å². The summed E-state index contributed by atoms with van der Waals surface area (Å²) in [7, 11) is 0. The van der Waals surface area contributed by atoms with Gasteiger partial charge in [0.25, 0.3) is 0 Å². The molecule has 0 spiro atoms. The van der Waals surface area contributed by atoms with Crippen LogP contribution in [0.2, 0.25) is 0 Å². The molecule has 0 amide bonds. The Morgan fingerprint density at radius 2 is 2.20 bits per heavy atom. The van der Waals surface area contributed by atoms with Gasteiger partial charge in [0.15, 0.2) is 0 Å². The van der Waals surface area contributed by atoms with Crippen molar-refractivity contribution in [2.75, 3.05) is 13.2 Å². The van der Waals surface area contributed by atoms with Gasteiger partial charge in [-0.05, 0) is 38.6 Å². The molecule has 1 rings (SSSR count). The molecule has 0 aromatic heterocycles. The zero-order valence-corrected chi connectivity index (χ0v) is 6.84. The third-order valence-corrected chi connectivity index (χ3v) is 2.02. The molecular formula is C8H17NO. The summed E-state index contributed by atoms with van der Waals surface area (Å²) in [6, 6.07) is 0. The second-order valence-corrected chi connectivity index (χ2v) is 3.37. The van der Waals surface area contributed by atoms with Crippen LogP contribution in [-0.4, -0.2) is 19.3 Å². The molecule has 2 atom stereocenters. The molecule has 1 aliphatic carbocycles. The highest BCUT2D eigenvalue weighted by Crippen LogP contribution is 2.37. The number of ether oxygens (including phenoxy) is 1. The lowest BCUT2D eigenvalue weighted by Crippen LogP contribution is -2.09. The highest BCUT2D eigenvalue weighted by Gasteiger charge is 2.35. The fraction of sp³-hybridized carbons (Fsp3) is 1.00. The van der Waals surface area contributed by atoms with Crippen molar-refractivity contribution in [1.82, 2.24) is 0 Å². The van der Waals surface area contributed by atoms with Crippen LogP contribution in [0.15, 0.2) is 0 Å². The summed E-state index contributed by atoms with van der Waals surface area (Å²) in [4.78, 5) is 0. The molecule has 0 saturated heterocycles. The van der Waals surface area contributed by atoms with Crippen LogP contribution in [0.1, 0.15) is 20.3 Å². The van der Waals surface area contributed by atoms with E-state index < -0.39 is 0 Å². The van der Waals surface area contributed by atoms with E-state index in [0.29, 0.717) is 6.10 Å². The van der Waals surface area contributed by atoms with E-state index in [1.54, 1.807) is 0 Å². The maximum Gasteiger partial charge on any atom is 0.0519 e. The van der Waals surface area contributed by atoms with Gasteiger partial charge in [-0.1, -0.05) is 0 Å². The average molecular weight is 143 g/mol. The highest BCUT2D eigenvalue weighted by atomic mass is 16.5. The van der Waals surface area contributed by atoms with Crippen LogP contribution in [0.4, 0.5) is 0 Å². The summed E-state index contributed by atoms with van der Waals surface area (Å²) in [5, 5.41) is 0. The zero-order chi connectivity index (χ0) is 7.56. The van der Waals surface area contributed by atoms with E-state index in [1.165, 1.54) is 6.42 Å². The molecule has 1 aliphatic rings. The van der Waals surface area contributed by atoms with Gasteiger partial charge in [0.05, 0.1) is 12.7 Å². The second kappa shape index (κ2) is 3.35. The molecule has 2 heteroatoms. The molecule has 0 bridgehead atoms. The van der Waals surface area contributed by atoms with E-state index in [-0.39, 0.29) is 0 Å². The lowest BCUT2D eigenvalue weighted by atomic mass is 10.3. The lowest BCUT2D eigenvalue weighted by Gasteiger charge is -2.05. The molecule has 10 heavy (non-hydrogen) atoms. The van der Waals surface area contributed by atoms with Crippen molar-refractivity contribution in [3.05, 3.63) is 0 Å². The van der Waals surface area contributed by atoms with Crippen LogP contribution in [0.5, 0.6) is 0 Å². The molecular weight excluding hydrogens is 126 g/mol. The molecule has 60 valence electrons. The molecule has 0 radical (unpaired) electrons. The van der Waals surface area contributed by atoms with Gasteiger partial charge >= 0.3 is 0 Å². The predicted octanol–water partition coefficient (Wildman–Crippen LogP) is 1.01. The summed E-state index contributed by atoms with van der Waals surface area (Å²) in [5.41, 5.74) is 5.48. The third kappa shape index (κ3) is 2.27. The summed E-state index contributed by atoms with van der Waals surface area (Å²) in [6.45, 7) is 5.89. The first-order valence-electron chi connectivity index (χ1n) is 4.05. The molecule has 0 aromatic carbocycles. The second-order valence-electron chi connectivity index (χ2n) is 3.37. The van der Waals surface area contributed by atoms with Crippen molar-refractivity contribution in [1.29, 1.82) is 0 Å². The predicted molar refractivity (Wildman–Crippen MR) is 41.7 cm³/mol. The minimum absolute atomic E-state index is 0.374. The summed E-state index contributed by atoms with van der Waals surface area (Å²) >= 11 is 0. The largest absolute Gasteiger partial charge is 0.378 e. The minimum Gasteiger partial charge on any atom is -0.378 e. The van der Waals surface area contributed by atoms with Gasteiger partial charge in [-0.2, -0.15) is 0 Å². The topological polar surface area (TPSA) is 35.2 Å². The summed E-state index contributed by atoms with van der Waals surface area (Å²) in [5.74, 6) is 1.53. The Morgan fingerprint density at radius 1 is 1.50 bits per heavy atom. The van der Waals surface area contributed by atoms with E-state index in [4.69, 9.17) is 10.5 Å². The van der Waals surface area contributed by atoms with Crippen molar-refractivity contribution in [2.24, 2.45) is 17.6 Å². The zero-order valence-electron chi connectivity index (χ0n) is 6.84. The maximum atomic E-state index is 5.48. The van der Waals surface area contributed by atoms with Crippen LogP contribution < -0.4 is 5.73 Å². The van der Waals surface area contributed by atoms with Crippen LogP contribution in [0.3, 0.4) is 0 Å². The number of hydrogen-bond acceptors (Lipinski definition) is 2. The van der Waals surface area contributed by atoms with Crippen LogP contribution in [-0.2, 0) is 4.74 Å². The average Bonchev–Trinajstić information content (AvgIpc) is 2.61. The fourth-order valence-corrected chi connectivity index (χ4v) is 1.12. The summed E-state index contributed by atoms with van der Waals surface area (Å²) < 4.78 is 5.44. The Hall–Kier alpha value is -0.0800. The van der Waals surface area contributed by atoms with Gasteiger partial charge in [0, 0.05) is 0 Å². The first kappa shape index (κ1) is 8.02. The van der Waals surface area contributed by atoms with Gasteiger partial charge in [0.1, 0.15) is 0 Å². The quantitative estimate of drug-likeness (QED) is 0.637. The molecule has 2 N–H and O–H groups in total. The minimum atomic E-state index is 0.374. The van der Waals surface area contributed by atoms with Gasteiger partial charge in [-0.25, -0.2) is 0 Å². The fourth-order valence-electron chi connectivity index (χ4n) is 1.12. The van der Waals surface area contributed by atoms with Crippen molar-refractivity contribution in [3.8, 4) is 0 Å². The monoisotopic (exact) mass is 143 g/mol. The molecule has 0 aromatic rings. The van der Waals surface area contributed by atoms with E-state index >= 15 is 0 Å². The molecule has 0 heterocycles. The van der Waals surface area contributed by atoms with Crippen molar-refractivity contribution in [2.45, 2.75) is 26.4 Å². The van der Waals surface area contributed by atoms with Crippen molar-refractivity contribution in [3.63, 3.8) is 0 Å². The normalized spacial score (nSPS) is 31.2. The van der Waals surface area contributed by atoms with Gasteiger partial charge in [-0.3, -0.25) is 0 Å². The highest BCUT2D eigenvalue weighted by molar-refractivity contribution is 4.86. The van der Waals surface area contributed by atoms with Crippen molar-refractivity contribution >= 4 is 0 Å². The standard InChI is InChI=1S/C8H17NO/c1-6(2)10-5-8-3-7(8)4-9/h6-8H,3-5,9H2,1-2H3. The smallest absolute Gasteiger partial charge is 0.0519 e. The Morgan fingerprint density at radius 3 is 2.60 bits per heavy atom. The van der Waals surface area contributed by atoms with E-state index in [0.717, 1.165) is 25.0 Å². The number of hydrogen-bond donors (Lipinski definition) is 1. The lowest BCUT2D eigenvalue weighted by molar-refractivity contribution is 0.0682. The Balaban J connectivity index is 1.96. The van der Waals surface area contributed by atoms with E-state index in [2.05, 4.69) is 13.8 Å². The Kier molecular flexibility index (Phi) is 2.69. The van der Waals surface area contributed by atoms with E-state index in [1.807, 2.05) is 0 Å². The van der Waals surface area contributed by atoms with Gasteiger partial charge in [0.2, 0.25) is 0 Å². The van der Waals surface area contributed by atoms with Crippen LogP contribution in [0.25, 0.3) is 0 Å². The van der Waals surface area contributed by atoms with Crippen LogP contribution >= 0.6 is 0 Å². The summed E-state index contributed by atoms with van der Waals surface area (Å²) in [6.07, 6.45) is 1.66. The molecule has 1 fully saturated rings. The SMILES string of the molecule is CC(C)OCC1CC1CN. The number of nitrogens with two attached hydrogens (primary N) is 1. The number of rotatable bonds is 4. The molecule has 1 saturated carbocycles. The maximum absolute atomic E-state index is 5.48.